The molecule has 3 rings (SSSR count). The van der Waals surface area contributed by atoms with Crippen LogP contribution in [0, 0.1) is 0 Å². The molecule has 0 amide bonds. The van der Waals surface area contributed by atoms with Crippen LogP contribution in [0.15, 0.2) is 30.3 Å². The van der Waals surface area contributed by atoms with Crippen LogP contribution < -0.4 is 4.31 Å². The molecular weight excluding hydrogens is 450 g/mol. The smallest absolute Gasteiger partial charge is 0.306 e. The van der Waals surface area contributed by atoms with Crippen LogP contribution in [0.1, 0.15) is 45.4 Å². The summed E-state index contributed by atoms with van der Waals surface area (Å²) >= 11 is 6.93. The summed E-state index contributed by atoms with van der Waals surface area (Å²) in [4.78, 5) is 36.7. The molecule has 0 saturated heterocycles. The van der Waals surface area contributed by atoms with E-state index in [2.05, 4.69) is 0 Å². The minimum Gasteiger partial charge on any atom is -0.457 e. The Morgan fingerprint density at radius 3 is 2.57 bits per heavy atom. The van der Waals surface area contributed by atoms with E-state index in [0.29, 0.717) is 33.4 Å². The number of carbonyl (C=O) groups is 3. The lowest BCUT2D eigenvalue weighted by molar-refractivity contribution is -0.142. The van der Waals surface area contributed by atoms with Crippen LogP contribution in [0.4, 0.5) is 5.69 Å². The van der Waals surface area contributed by atoms with E-state index in [1.165, 1.54) is 10.4 Å². The first-order valence-electron chi connectivity index (χ1n) is 9.32. The molecule has 1 aromatic heterocycles. The van der Waals surface area contributed by atoms with Crippen molar-refractivity contribution in [2.45, 2.75) is 26.2 Å². The van der Waals surface area contributed by atoms with E-state index in [4.69, 9.17) is 16.3 Å². The van der Waals surface area contributed by atoms with E-state index in [-0.39, 0.29) is 30.2 Å². The minimum absolute atomic E-state index is 0.00506. The van der Waals surface area contributed by atoms with Crippen molar-refractivity contribution in [2.24, 2.45) is 0 Å². The number of fused-ring (bicyclic) bond motifs is 1. The standard InChI is InChI=1S/C20H20ClNO6S2/c1-2-30(26,27)22-10-9-13-11-14(3-4-15(13)22)17(24)12-28-20(25)8-5-16(23)18-6-7-19(21)29-18/h3-4,6-7,11H,2,5,8-10,12H2,1H3. The second-order valence-corrected chi connectivity index (χ2v) is 10.6. The molecule has 30 heavy (non-hydrogen) atoms. The molecule has 7 nitrogen and oxygen atoms in total. The van der Waals surface area contributed by atoms with Gasteiger partial charge < -0.3 is 4.74 Å². The number of benzene rings is 1. The molecule has 0 fully saturated rings. The topological polar surface area (TPSA) is 97.8 Å². The zero-order valence-electron chi connectivity index (χ0n) is 16.2. The molecule has 0 unspecified atom stereocenters. The fourth-order valence-corrected chi connectivity index (χ4v) is 5.26. The van der Waals surface area contributed by atoms with Gasteiger partial charge in [0.05, 0.1) is 27.1 Å². The van der Waals surface area contributed by atoms with Gasteiger partial charge in [0.1, 0.15) is 0 Å². The predicted molar refractivity (Wildman–Crippen MR) is 115 cm³/mol. The van der Waals surface area contributed by atoms with E-state index in [1.54, 1.807) is 31.2 Å². The minimum atomic E-state index is -3.35. The number of Topliss-reactive ketones (excluding diaryl/α,β-unsaturated/α-hetero) is 2. The van der Waals surface area contributed by atoms with E-state index < -0.39 is 22.6 Å². The third kappa shape index (κ3) is 5.08. The molecule has 0 radical (unpaired) electrons. The Labute approximate surface area is 183 Å². The Hall–Kier alpha value is -2.23. The quantitative estimate of drug-likeness (QED) is 0.411. The third-order valence-corrected chi connectivity index (χ3v) is 7.78. The van der Waals surface area contributed by atoms with Gasteiger partial charge in [-0.15, -0.1) is 11.3 Å². The van der Waals surface area contributed by atoms with Crippen molar-refractivity contribution in [1.29, 1.82) is 0 Å². The largest absolute Gasteiger partial charge is 0.457 e. The van der Waals surface area contributed by atoms with Crippen molar-refractivity contribution < 1.29 is 27.5 Å². The van der Waals surface area contributed by atoms with Crippen LogP contribution in [-0.2, 0) is 26.0 Å². The molecule has 0 atom stereocenters. The maximum atomic E-state index is 12.4. The Kier molecular flexibility index (Phi) is 6.95. The van der Waals surface area contributed by atoms with Crippen molar-refractivity contribution >= 4 is 56.2 Å². The van der Waals surface area contributed by atoms with Crippen LogP contribution in [0.25, 0.3) is 0 Å². The van der Waals surface area contributed by atoms with Crippen molar-refractivity contribution in [1.82, 2.24) is 0 Å². The Bertz CT molecular complexity index is 1090. The number of rotatable bonds is 9. The normalized spacial score (nSPS) is 13.2. The summed E-state index contributed by atoms with van der Waals surface area (Å²) < 4.78 is 31.1. The number of hydrogen-bond acceptors (Lipinski definition) is 7. The lowest BCUT2D eigenvalue weighted by atomic mass is 10.1. The van der Waals surface area contributed by atoms with Gasteiger partial charge >= 0.3 is 5.97 Å². The first-order chi connectivity index (χ1) is 14.2. The average Bonchev–Trinajstić information content (AvgIpc) is 3.36. The van der Waals surface area contributed by atoms with E-state index in [0.717, 1.165) is 16.9 Å². The second-order valence-electron chi connectivity index (χ2n) is 6.68. The number of ketones is 2. The Morgan fingerprint density at radius 1 is 1.13 bits per heavy atom. The van der Waals surface area contributed by atoms with Crippen molar-refractivity contribution in [3.8, 4) is 0 Å². The van der Waals surface area contributed by atoms with Crippen molar-refractivity contribution in [3.05, 3.63) is 50.7 Å². The summed E-state index contributed by atoms with van der Waals surface area (Å²) in [5.41, 5.74) is 1.70. The zero-order chi connectivity index (χ0) is 21.9. The van der Waals surface area contributed by atoms with E-state index >= 15 is 0 Å². The number of thiophene rings is 1. The molecule has 2 aromatic rings. The zero-order valence-corrected chi connectivity index (χ0v) is 18.6. The highest BCUT2D eigenvalue weighted by atomic mass is 35.5. The molecule has 2 heterocycles. The predicted octanol–water partition coefficient (Wildman–Crippen LogP) is 3.50. The number of anilines is 1. The van der Waals surface area contributed by atoms with E-state index in [1.807, 2.05) is 0 Å². The number of esters is 1. The first-order valence-corrected chi connectivity index (χ1v) is 12.1. The number of hydrogen-bond donors (Lipinski definition) is 0. The van der Waals surface area contributed by atoms with Gasteiger partial charge in [-0.1, -0.05) is 11.6 Å². The molecule has 0 saturated carbocycles. The van der Waals surface area contributed by atoms with Gasteiger partial charge in [-0.3, -0.25) is 18.7 Å². The van der Waals surface area contributed by atoms with Gasteiger partial charge in [0.2, 0.25) is 10.0 Å². The molecule has 1 aliphatic heterocycles. The van der Waals surface area contributed by atoms with Crippen molar-refractivity contribution in [2.75, 3.05) is 23.2 Å². The number of carbonyl (C=O) groups excluding carboxylic acids is 3. The molecule has 0 spiro atoms. The summed E-state index contributed by atoms with van der Waals surface area (Å²) in [6.45, 7) is 1.50. The lowest BCUT2D eigenvalue weighted by Crippen LogP contribution is -2.30. The highest BCUT2D eigenvalue weighted by molar-refractivity contribution is 7.92. The lowest BCUT2D eigenvalue weighted by Gasteiger charge is -2.18. The van der Waals surface area contributed by atoms with Gasteiger partial charge in [-0.25, -0.2) is 8.42 Å². The SMILES string of the molecule is CCS(=O)(=O)N1CCc2cc(C(=O)COC(=O)CCC(=O)c3ccc(Cl)s3)ccc21. The molecule has 0 N–H and O–H groups in total. The van der Waals surface area contributed by atoms with Gasteiger partial charge in [0.25, 0.3) is 0 Å². The molecule has 0 aliphatic carbocycles. The molecule has 0 bridgehead atoms. The van der Waals surface area contributed by atoms with Gasteiger partial charge in [0.15, 0.2) is 18.2 Å². The van der Waals surface area contributed by atoms with Crippen molar-refractivity contribution in [3.63, 3.8) is 0 Å². The number of halogens is 1. The van der Waals surface area contributed by atoms with E-state index in [9.17, 15) is 22.8 Å². The van der Waals surface area contributed by atoms with Crippen LogP contribution in [0.3, 0.4) is 0 Å². The average molecular weight is 470 g/mol. The van der Waals surface area contributed by atoms with Crippen LogP contribution >= 0.6 is 22.9 Å². The van der Waals surface area contributed by atoms with Crippen LogP contribution in [0.2, 0.25) is 4.34 Å². The van der Waals surface area contributed by atoms with Crippen LogP contribution in [-0.4, -0.2) is 44.9 Å². The number of ether oxygens (including phenoxy) is 1. The number of nitrogens with zero attached hydrogens (tertiary/aromatic N) is 1. The second kappa shape index (κ2) is 9.28. The Balaban J connectivity index is 1.53. The third-order valence-electron chi connectivity index (χ3n) is 4.72. The Morgan fingerprint density at radius 2 is 1.90 bits per heavy atom. The van der Waals surface area contributed by atoms with Gasteiger partial charge in [0, 0.05) is 18.5 Å². The fourth-order valence-electron chi connectivity index (χ4n) is 3.09. The molecule has 160 valence electrons. The highest BCUT2D eigenvalue weighted by Crippen LogP contribution is 2.31. The summed E-state index contributed by atoms with van der Waals surface area (Å²) in [6, 6.07) is 7.99. The summed E-state index contributed by atoms with van der Waals surface area (Å²) in [5, 5.41) is 0. The van der Waals surface area contributed by atoms with Gasteiger partial charge in [-0.05, 0) is 49.2 Å². The maximum absolute atomic E-state index is 12.4. The number of sulfonamides is 1. The summed E-state index contributed by atoms with van der Waals surface area (Å²) in [5.74, 6) is -1.23. The summed E-state index contributed by atoms with van der Waals surface area (Å²) in [6.07, 6.45) is 0.366. The monoisotopic (exact) mass is 469 g/mol. The summed E-state index contributed by atoms with van der Waals surface area (Å²) in [7, 11) is -3.35. The molecule has 10 heteroatoms. The first kappa shape index (κ1) is 22.5. The van der Waals surface area contributed by atoms with Crippen LogP contribution in [0.5, 0.6) is 0 Å². The maximum Gasteiger partial charge on any atom is 0.306 e. The fraction of sp³-hybridized carbons (Fsp3) is 0.350. The highest BCUT2D eigenvalue weighted by Gasteiger charge is 2.28. The molecule has 1 aliphatic rings. The molecule has 1 aromatic carbocycles. The molecular formula is C20H20ClNO6S2. The van der Waals surface area contributed by atoms with Gasteiger partial charge in [-0.2, -0.15) is 0 Å².